The van der Waals surface area contributed by atoms with Gasteiger partial charge in [-0.15, -0.1) is 0 Å². The van der Waals surface area contributed by atoms with E-state index in [-0.39, 0.29) is 5.56 Å². The summed E-state index contributed by atoms with van der Waals surface area (Å²) in [5, 5.41) is 8.62. The van der Waals surface area contributed by atoms with E-state index in [0.29, 0.717) is 18.7 Å². The van der Waals surface area contributed by atoms with E-state index in [1.165, 1.54) is 12.1 Å². The van der Waals surface area contributed by atoms with Crippen molar-refractivity contribution in [3.8, 4) is 11.8 Å². The smallest absolute Gasteiger partial charge is 0.407 e. The molecule has 0 fully saturated rings. The minimum atomic E-state index is -0.504. The lowest BCUT2D eigenvalue weighted by atomic mass is 10.2. The Kier molecular flexibility index (Phi) is 5.12. The van der Waals surface area contributed by atoms with Gasteiger partial charge in [0.05, 0.1) is 0 Å². The van der Waals surface area contributed by atoms with Crippen LogP contribution < -0.4 is 10.9 Å². The molecule has 2 N–H and O–H groups in total. The van der Waals surface area contributed by atoms with Crippen LogP contribution in [-0.4, -0.2) is 28.4 Å². The maximum atomic E-state index is 11.3. The van der Waals surface area contributed by atoms with Gasteiger partial charge in [-0.1, -0.05) is 5.92 Å². The van der Waals surface area contributed by atoms with E-state index in [9.17, 15) is 9.59 Å². The van der Waals surface area contributed by atoms with Gasteiger partial charge in [-0.25, -0.2) is 9.89 Å². The fourth-order valence-corrected chi connectivity index (χ4v) is 1.11. The lowest BCUT2D eigenvalue weighted by Crippen LogP contribution is -2.32. The van der Waals surface area contributed by atoms with Crippen molar-refractivity contribution in [2.45, 2.75) is 32.8 Å². The molecule has 0 saturated heterocycles. The highest BCUT2D eigenvalue weighted by Gasteiger charge is 2.15. The van der Waals surface area contributed by atoms with Gasteiger partial charge in [0.1, 0.15) is 11.3 Å². The van der Waals surface area contributed by atoms with E-state index in [4.69, 9.17) is 4.74 Å². The van der Waals surface area contributed by atoms with Crippen LogP contribution in [-0.2, 0) is 4.74 Å². The number of alkyl carbamates (subject to hydrolysis) is 1. The summed E-state index contributed by atoms with van der Waals surface area (Å²) in [5.74, 6) is 5.60. The zero-order chi connectivity index (χ0) is 14.3. The molecular formula is C13H17N3O3. The van der Waals surface area contributed by atoms with Crippen LogP contribution in [0.1, 0.15) is 32.9 Å². The van der Waals surface area contributed by atoms with Crippen molar-refractivity contribution < 1.29 is 9.53 Å². The standard InChI is InChI=1S/C13H17N3O3/c1-13(2,3)19-12(18)14-9-5-4-6-10-7-8-11(17)16-15-10/h7-8H,5,9H2,1-3H3,(H,14,18)(H,16,17). The van der Waals surface area contributed by atoms with E-state index < -0.39 is 11.7 Å². The number of amides is 1. The van der Waals surface area contributed by atoms with Crippen LogP contribution in [0, 0.1) is 11.8 Å². The number of hydrogen-bond donors (Lipinski definition) is 2. The second kappa shape index (κ2) is 6.59. The van der Waals surface area contributed by atoms with Gasteiger partial charge < -0.3 is 10.1 Å². The van der Waals surface area contributed by atoms with Gasteiger partial charge in [-0.3, -0.25) is 4.79 Å². The molecule has 102 valence electrons. The first-order chi connectivity index (χ1) is 8.87. The van der Waals surface area contributed by atoms with Gasteiger partial charge in [0.15, 0.2) is 0 Å². The summed E-state index contributed by atoms with van der Waals surface area (Å²) in [6.45, 7) is 5.79. The fraction of sp³-hybridized carbons (Fsp3) is 0.462. The molecule has 1 aromatic rings. The molecule has 0 radical (unpaired) electrons. The highest BCUT2D eigenvalue weighted by molar-refractivity contribution is 5.67. The minimum Gasteiger partial charge on any atom is -0.444 e. The molecule has 0 aliphatic rings. The molecule has 1 aromatic heterocycles. The van der Waals surface area contributed by atoms with E-state index in [1.54, 1.807) is 20.8 Å². The first-order valence-electron chi connectivity index (χ1n) is 5.88. The SMILES string of the molecule is CC(C)(C)OC(=O)NCCC#Cc1ccc(=O)[nH]n1. The summed E-state index contributed by atoms with van der Waals surface area (Å²) < 4.78 is 5.07. The highest BCUT2D eigenvalue weighted by Crippen LogP contribution is 2.06. The van der Waals surface area contributed by atoms with Gasteiger partial charge in [-0.2, -0.15) is 5.10 Å². The van der Waals surface area contributed by atoms with Gasteiger partial charge in [0.25, 0.3) is 5.56 Å². The van der Waals surface area contributed by atoms with Crippen molar-refractivity contribution in [2.75, 3.05) is 6.54 Å². The number of nitrogens with zero attached hydrogens (tertiary/aromatic N) is 1. The van der Waals surface area contributed by atoms with E-state index >= 15 is 0 Å². The van der Waals surface area contributed by atoms with Crippen LogP contribution in [0.3, 0.4) is 0 Å². The van der Waals surface area contributed by atoms with Crippen LogP contribution >= 0.6 is 0 Å². The van der Waals surface area contributed by atoms with Crippen LogP contribution in [0.15, 0.2) is 16.9 Å². The minimum absolute atomic E-state index is 0.267. The Balaban J connectivity index is 2.30. The molecule has 0 bridgehead atoms. The molecule has 0 atom stereocenters. The molecule has 6 nitrogen and oxygen atoms in total. The molecule has 19 heavy (non-hydrogen) atoms. The van der Waals surface area contributed by atoms with Crippen LogP contribution in [0.2, 0.25) is 0 Å². The molecule has 6 heteroatoms. The van der Waals surface area contributed by atoms with Gasteiger partial charge in [-0.05, 0) is 32.8 Å². The molecule has 1 heterocycles. The molecule has 0 unspecified atom stereocenters. The number of carbonyl (C=O) groups is 1. The number of nitrogens with one attached hydrogen (secondary N) is 2. The molecule has 1 rings (SSSR count). The van der Waals surface area contributed by atoms with E-state index in [1.807, 2.05) is 0 Å². The van der Waals surface area contributed by atoms with E-state index in [0.717, 1.165) is 0 Å². The van der Waals surface area contributed by atoms with Crippen molar-refractivity contribution in [1.82, 2.24) is 15.5 Å². The monoisotopic (exact) mass is 263 g/mol. The third-order valence-electron chi connectivity index (χ3n) is 1.81. The van der Waals surface area contributed by atoms with Gasteiger partial charge in [0.2, 0.25) is 0 Å². The Bertz CT molecular complexity index is 526. The Morgan fingerprint density at radius 1 is 1.47 bits per heavy atom. The topological polar surface area (TPSA) is 84.1 Å². The molecule has 1 amide bonds. The zero-order valence-corrected chi connectivity index (χ0v) is 11.2. The molecule has 0 saturated carbocycles. The second-order valence-electron chi connectivity index (χ2n) is 4.79. The Morgan fingerprint density at radius 2 is 2.21 bits per heavy atom. The van der Waals surface area contributed by atoms with Crippen molar-refractivity contribution in [2.24, 2.45) is 0 Å². The quantitative estimate of drug-likeness (QED) is 0.616. The molecule has 0 spiro atoms. The Labute approximate surface area is 111 Å². The predicted molar refractivity (Wildman–Crippen MR) is 70.6 cm³/mol. The predicted octanol–water partition coefficient (Wildman–Crippen LogP) is 1.04. The highest BCUT2D eigenvalue weighted by atomic mass is 16.6. The van der Waals surface area contributed by atoms with Gasteiger partial charge >= 0.3 is 6.09 Å². The molecule has 0 aliphatic heterocycles. The van der Waals surface area contributed by atoms with Crippen molar-refractivity contribution >= 4 is 6.09 Å². The molecular weight excluding hydrogens is 246 g/mol. The summed E-state index contributed by atoms with van der Waals surface area (Å²) >= 11 is 0. The third-order valence-corrected chi connectivity index (χ3v) is 1.81. The Hall–Kier alpha value is -2.29. The summed E-state index contributed by atoms with van der Waals surface area (Å²) in [6, 6.07) is 2.89. The summed E-state index contributed by atoms with van der Waals surface area (Å²) in [4.78, 5) is 22.1. The number of carbonyl (C=O) groups excluding carboxylic acids is 1. The lowest BCUT2D eigenvalue weighted by molar-refractivity contribution is 0.0529. The van der Waals surface area contributed by atoms with Crippen molar-refractivity contribution in [1.29, 1.82) is 0 Å². The first-order valence-corrected chi connectivity index (χ1v) is 5.88. The maximum absolute atomic E-state index is 11.3. The first kappa shape index (κ1) is 14.8. The average molecular weight is 263 g/mol. The summed E-state index contributed by atoms with van der Waals surface area (Å²) in [7, 11) is 0. The van der Waals surface area contributed by atoms with Crippen LogP contribution in [0.25, 0.3) is 0 Å². The average Bonchev–Trinajstić information content (AvgIpc) is 2.29. The van der Waals surface area contributed by atoms with Crippen molar-refractivity contribution in [3.63, 3.8) is 0 Å². The number of aromatic nitrogens is 2. The molecule has 0 aliphatic carbocycles. The largest absolute Gasteiger partial charge is 0.444 e. The Morgan fingerprint density at radius 3 is 2.79 bits per heavy atom. The number of ether oxygens (including phenoxy) is 1. The fourth-order valence-electron chi connectivity index (χ4n) is 1.11. The normalized spacial score (nSPS) is 10.3. The van der Waals surface area contributed by atoms with Crippen LogP contribution in [0.5, 0.6) is 0 Å². The van der Waals surface area contributed by atoms with Crippen molar-refractivity contribution in [3.05, 3.63) is 28.2 Å². The number of rotatable bonds is 2. The zero-order valence-electron chi connectivity index (χ0n) is 11.2. The van der Waals surface area contributed by atoms with E-state index in [2.05, 4.69) is 27.4 Å². The molecule has 0 aromatic carbocycles. The van der Waals surface area contributed by atoms with Crippen LogP contribution in [0.4, 0.5) is 4.79 Å². The maximum Gasteiger partial charge on any atom is 0.407 e. The summed E-state index contributed by atoms with van der Waals surface area (Å²) in [6.07, 6.45) is 0.0107. The second-order valence-corrected chi connectivity index (χ2v) is 4.79. The third kappa shape index (κ3) is 6.88. The summed E-state index contributed by atoms with van der Waals surface area (Å²) in [5.41, 5.74) is -0.288. The number of hydrogen-bond acceptors (Lipinski definition) is 4. The lowest BCUT2D eigenvalue weighted by Gasteiger charge is -2.19. The van der Waals surface area contributed by atoms with Gasteiger partial charge in [0, 0.05) is 19.0 Å². The number of aromatic amines is 1. The number of H-pyrrole nitrogens is 1.